The molecule has 0 aromatic carbocycles. The molecule has 0 aliphatic carbocycles. The molecule has 0 saturated carbocycles. The molecule has 0 aliphatic rings. The number of nitrogens with zero attached hydrogens (tertiary/aromatic N) is 1. The summed E-state index contributed by atoms with van der Waals surface area (Å²) in [5.74, 6) is 1.52. The number of carboxylic acids is 1. The Morgan fingerprint density at radius 2 is 2.43 bits per heavy atom. The monoisotopic (exact) mass is 211 g/mol. The number of carbonyl (C=O) groups is 1. The van der Waals surface area contributed by atoms with E-state index in [9.17, 15) is 9.59 Å². The van der Waals surface area contributed by atoms with Gasteiger partial charge in [0.05, 0.1) is 0 Å². The van der Waals surface area contributed by atoms with Crippen LogP contribution >= 0.6 is 11.3 Å². The van der Waals surface area contributed by atoms with Crippen LogP contribution in [0, 0.1) is 12.3 Å². The molecule has 0 fully saturated rings. The van der Waals surface area contributed by atoms with Crippen molar-refractivity contribution < 1.29 is 9.90 Å². The summed E-state index contributed by atoms with van der Waals surface area (Å²) in [6.45, 7) is 0.369. The highest BCUT2D eigenvalue weighted by molar-refractivity contribution is 7.07. The average Bonchev–Trinajstić information content (AvgIpc) is 2.47. The summed E-state index contributed by atoms with van der Waals surface area (Å²) in [5.41, 5.74) is 0.519. The van der Waals surface area contributed by atoms with Gasteiger partial charge >= 0.3 is 10.8 Å². The van der Waals surface area contributed by atoms with Gasteiger partial charge < -0.3 is 5.11 Å². The summed E-state index contributed by atoms with van der Waals surface area (Å²) in [7, 11) is 0. The molecule has 1 aromatic rings. The molecule has 0 saturated heterocycles. The maximum absolute atomic E-state index is 11.2. The van der Waals surface area contributed by atoms with Gasteiger partial charge in [0.25, 0.3) is 0 Å². The fourth-order valence-electron chi connectivity index (χ4n) is 1.04. The first-order chi connectivity index (χ1) is 6.65. The van der Waals surface area contributed by atoms with E-state index in [2.05, 4.69) is 5.92 Å². The lowest BCUT2D eigenvalue weighted by Crippen LogP contribution is -2.15. The zero-order chi connectivity index (χ0) is 10.6. The van der Waals surface area contributed by atoms with Crippen LogP contribution in [-0.2, 0) is 11.3 Å². The maximum atomic E-state index is 11.2. The Bertz CT molecular complexity index is 424. The Balaban J connectivity index is 2.67. The number of rotatable bonds is 4. The fourth-order valence-corrected chi connectivity index (χ4v) is 1.77. The number of thiazole rings is 1. The molecule has 1 aromatic heterocycles. The van der Waals surface area contributed by atoms with E-state index >= 15 is 0 Å². The van der Waals surface area contributed by atoms with Crippen LogP contribution in [0.3, 0.4) is 0 Å². The molecule has 0 radical (unpaired) electrons. The van der Waals surface area contributed by atoms with Crippen molar-refractivity contribution in [1.29, 1.82) is 0 Å². The molecule has 1 heterocycles. The van der Waals surface area contributed by atoms with Gasteiger partial charge in [-0.2, -0.15) is 0 Å². The van der Waals surface area contributed by atoms with Gasteiger partial charge in [-0.05, 0) is 6.42 Å². The van der Waals surface area contributed by atoms with Crippen LogP contribution in [0.15, 0.2) is 10.2 Å². The zero-order valence-corrected chi connectivity index (χ0v) is 8.21. The SMILES string of the molecule is C#Cc1csc(=O)n1CCCC(=O)O. The minimum absolute atomic E-state index is 0.0479. The van der Waals surface area contributed by atoms with Gasteiger partial charge in [0, 0.05) is 18.3 Å². The number of hydrogen-bond acceptors (Lipinski definition) is 3. The first kappa shape index (κ1) is 10.5. The number of carboxylic acid groups (broad SMARTS) is 1. The van der Waals surface area contributed by atoms with Crippen molar-refractivity contribution in [3.63, 3.8) is 0 Å². The second-order valence-corrected chi connectivity index (χ2v) is 3.50. The van der Waals surface area contributed by atoms with Crippen molar-refractivity contribution in [3.05, 3.63) is 20.7 Å². The van der Waals surface area contributed by atoms with Crippen LogP contribution in [0.1, 0.15) is 18.5 Å². The van der Waals surface area contributed by atoms with E-state index < -0.39 is 5.97 Å². The fraction of sp³-hybridized carbons (Fsp3) is 0.333. The number of aromatic nitrogens is 1. The standard InChI is InChI=1S/C9H9NO3S/c1-2-7-6-14-9(13)10(7)5-3-4-8(11)12/h1,6H,3-5H2,(H,11,12). The molecule has 0 bridgehead atoms. The van der Waals surface area contributed by atoms with E-state index in [0.717, 1.165) is 11.3 Å². The van der Waals surface area contributed by atoms with Gasteiger partial charge in [0.2, 0.25) is 0 Å². The topological polar surface area (TPSA) is 59.3 Å². The minimum Gasteiger partial charge on any atom is -0.481 e. The Kier molecular flexibility index (Phi) is 3.48. The Morgan fingerprint density at radius 3 is 3.00 bits per heavy atom. The largest absolute Gasteiger partial charge is 0.481 e. The van der Waals surface area contributed by atoms with Crippen LogP contribution in [0.25, 0.3) is 0 Å². The second kappa shape index (κ2) is 4.63. The van der Waals surface area contributed by atoms with Crippen molar-refractivity contribution >= 4 is 17.3 Å². The molecular formula is C9H9NO3S. The smallest absolute Gasteiger partial charge is 0.308 e. The molecule has 0 amide bonds. The lowest BCUT2D eigenvalue weighted by Gasteiger charge is -2.00. The molecule has 5 heteroatoms. The third-order valence-electron chi connectivity index (χ3n) is 1.70. The van der Waals surface area contributed by atoms with Crippen LogP contribution in [-0.4, -0.2) is 15.6 Å². The maximum Gasteiger partial charge on any atom is 0.308 e. The molecule has 0 spiro atoms. The minimum atomic E-state index is -0.865. The molecule has 1 N–H and O–H groups in total. The van der Waals surface area contributed by atoms with Gasteiger partial charge in [-0.1, -0.05) is 17.3 Å². The zero-order valence-electron chi connectivity index (χ0n) is 7.40. The van der Waals surface area contributed by atoms with Gasteiger partial charge in [-0.3, -0.25) is 14.2 Å². The quantitative estimate of drug-likeness (QED) is 0.748. The molecule has 74 valence electrons. The first-order valence-corrected chi connectivity index (χ1v) is 4.90. The van der Waals surface area contributed by atoms with Crippen molar-refractivity contribution in [2.45, 2.75) is 19.4 Å². The predicted molar refractivity (Wildman–Crippen MR) is 53.4 cm³/mol. The van der Waals surface area contributed by atoms with Crippen molar-refractivity contribution in [2.24, 2.45) is 0 Å². The molecule has 0 atom stereocenters. The van der Waals surface area contributed by atoms with Gasteiger partial charge in [0.15, 0.2) is 0 Å². The molecule has 0 aliphatic heterocycles. The lowest BCUT2D eigenvalue weighted by molar-refractivity contribution is -0.137. The molecule has 4 nitrogen and oxygen atoms in total. The number of aliphatic carboxylic acids is 1. The Morgan fingerprint density at radius 1 is 1.71 bits per heavy atom. The average molecular weight is 211 g/mol. The van der Waals surface area contributed by atoms with Gasteiger partial charge in [-0.15, -0.1) is 6.42 Å². The van der Waals surface area contributed by atoms with Crippen molar-refractivity contribution in [2.75, 3.05) is 0 Å². The van der Waals surface area contributed by atoms with Crippen LogP contribution < -0.4 is 4.87 Å². The normalized spacial score (nSPS) is 9.64. The number of hydrogen-bond donors (Lipinski definition) is 1. The summed E-state index contributed by atoms with van der Waals surface area (Å²) < 4.78 is 1.42. The molecular weight excluding hydrogens is 202 g/mol. The second-order valence-electron chi connectivity index (χ2n) is 2.68. The Hall–Kier alpha value is -1.54. The van der Waals surface area contributed by atoms with Gasteiger partial charge in [0.1, 0.15) is 5.69 Å². The summed E-state index contributed by atoms with van der Waals surface area (Å²) >= 11 is 1.03. The lowest BCUT2D eigenvalue weighted by atomic mass is 10.3. The van der Waals surface area contributed by atoms with E-state index in [1.165, 1.54) is 4.57 Å². The van der Waals surface area contributed by atoms with E-state index in [4.69, 9.17) is 11.5 Å². The Labute approximate surface area is 84.8 Å². The van der Waals surface area contributed by atoms with Crippen molar-refractivity contribution in [1.82, 2.24) is 4.57 Å². The molecule has 1 rings (SSSR count). The molecule has 14 heavy (non-hydrogen) atoms. The van der Waals surface area contributed by atoms with E-state index in [0.29, 0.717) is 18.7 Å². The molecule has 0 unspecified atom stereocenters. The summed E-state index contributed by atoms with van der Waals surface area (Å²) in [6.07, 6.45) is 5.64. The first-order valence-electron chi connectivity index (χ1n) is 4.02. The van der Waals surface area contributed by atoms with Crippen LogP contribution in [0.5, 0.6) is 0 Å². The van der Waals surface area contributed by atoms with E-state index in [1.54, 1.807) is 5.38 Å². The van der Waals surface area contributed by atoms with Gasteiger partial charge in [-0.25, -0.2) is 0 Å². The van der Waals surface area contributed by atoms with Crippen molar-refractivity contribution in [3.8, 4) is 12.3 Å². The third kappa shape index (κ3) is 2.47. The van der Waals surface area contributed by atoms with E-state index in [-0.39, 0.29) is 11.3 Å². The highest BCUT2D eigenvalue weighted by Gasteiger charge is 2.04. The predicted octanol–water partition coefficient (Wildman–Crippen LogP) is 0.756. The highest BCUT2D eigenvalue weighted by atomic mass is 32.1. The summed E-state index contributed by atoms with van der Waals surface area (Å²) in [6, 6.07) is 0. The van der Waals surface area contributed by atoms with Crippen LogP contribution in [0.4, 0.5) is 0 Å². The van der Waals surface area contributed by atoms with Crippen LogP contribution in [0.2, 0.25) is 0 Å². The summed E-state index contributed by atoms with van der Waals surface area (Å²) in [4.78, 5) is 21.3. The summed E-state index contributed by atoms with van der Waals surface area (Å²) in [5, 5.41) is 10.0. The third-order valence-corrected chi connectivity index (χ3v) is 2.47. The van der Waals surface area contributed by atoms with E-state index in [1.807, 2.05) is 0 Å². The highest BCUT2D eigenvalue weighted by Crippen LogP contribution is 2.02. The number of terminal acetylenes is 1.